The zero-order valence-corrected chi connectivity index (χ0v) is 14.0. The van der Waals surface area contributed by atoms with Crippen LogP contribution in [0.5, 0.6) is 0 Å². The molecule has 4 nitrogen and oxygen atoms in total. The summed E-state index contributed by atoms with van der Waals surface area (Å²) in [7, 11) is 1.24. The van der Waals surface area contributed by atoms with Crippen molar-refractivity contribution in [2.75, 3.05) is 12.4 Å². The number of methoxy groups -OCH3 is 1. The van der Waals surface area contributed by atoms with Gasteiger partial charge in [-0.05, 0) is 17.7 Å². The van der Waals surface area contributed by atoms with Gasteiger partial charge in [-0.3, -0.25) is 9.59 Å². The van der Waals surface area contributed by atoms with E-state index in [1.54, 1.807) is 6.08 Å². The molecule has 0 saturated heterocycles. The molecule has 0 bridgehead atoms. The fourth-order valence-corrected chi connectivity index (χ4v) is 3.09. The van der Waals surface area contributed by atoms with Crippen LogP contribution in [-0.4, -0.2) is 18.9 Å². The number of benzene rings is 2. The topological polar surface area (TPSA) is 55.4 Å². The van der Waals surface area contributed by atoms with Gasteiger partial charge in [-0.2, -0.15) is 0 Å². The van der Waals surface area contributed by atoms with Crippen molar-refractivity contribution in [3.05, 3.63) is 77.5 Å². The molecule has 3 rings (SSSR count). The molecular formula is C20H17F2NO3. The van der Waals surface area contributed by atoms with Gasteiger partial charge < -0.3 is 10.1 Å². The molecule has 0 amide bonds. The molecule has 0 saturated carbocycles. The number of anilines is 1. The van der Waals surface area contributed by atoms with Crippen LogP contribution in [0.3, 0.4) is 0 Å². The van der Waals surface area contributed by atoms with Gasteiger partial charge in [0.2, 0.25) is 0 Å². The maximum atomic E-state index is 13.9. The Labute approximate surface area is 149 Å². The van der Waals surface area contributed by atoms with E-state index in [1.807, 2.05) is 30.3 Å². The third-order valence-corrected chi connectivity index (χ3v) is 4.32. The number of esters is 1. The lowest BCUT2D eigenvalue weighted by Gasteiger charge is -2.28. The van der Waals surface area contributed by atoms with Crippen LogP contribution in [0.1, 0.15) is 17.9 Å². The van der Waals surface area contributed by atoms with Crippen molar-refractivity contribution < 1.29 is 23.1 Å². The van der Waals surface area contributed by atoms with Crippen molar-refractivity contribution in [1.29, 1.82) is 0 Å². The van der Waals surface area contributed by atoms with E-state index in [0.717, 1.165) is 17.7 Å². The molecule has 134 valence electrons. The van der Waals surface area contributed by atoms with Gasteiger partial charge in [0, 0.05) is 24.1 Å². The largest absolute Gasteiger partial charge is 0.468 e. The van der Waals surface area contributed by atoms with Gasteiger partial charge in [0.15, 0.2) is 5.78 Å². The van der Waals surface area contributed by atoms with Crippen LogP contribution in [-0.2, 0) is 14.3 Å². The number of nitrogens with one attached hydrogen (secondary N) is 1. The molecule has 2 atom stereocenters. The fraction of sp³-hybridized carbons (Fsp3) is 0.200. The molecule has 2 aromatic rings. The molecule has 0 spiro atoms. The Bertz CT molecular complexity index is 865. The van der Waals surface area contributed by atoms with E-state index in [0.29, 0.717) is 5.70 Å². The number of carbonyl (C=O) groups is 2. The number of hydrogen-bond acceptors (Lipinski definition) is 4. The minimum atomic E-state index is -0.953. The SMILES string of the molecule is COC(=O)C1C(=O)CC(Nc2ccc(F)cc2F)=CC1c1ccccc1. The number of carbonyl (C=O) groups excluding carboxylic acids is 2. The highest BCUT2D eigenvalue weighted by Crippen LogP contribution is 2.35. The molecule has 2 aromatic carbocycles. The van der Waals surface area contributed by atoms with Crippen molar-refractivity contribution in [2.24, 2.45) is 5.92 Å². The first-order valence-corrected chi connectivity index (χ1v) is 8.08. The lowest BCUT2D eigenvalue weighted by Crippen LogP contribution is -2.34. The second-order valence-corrected chi connectivity index (χ2v) is 6.02. The molecule has 1 aliphatic rings. The molecule has 1 N–H and O–H groups in total. The summed E-state index contributed by atoms with van der Waals surface area (Å²) in [5.74, 6) is -3.85. The van der Waals surface area contributed by atoms with E-state index in [9.17, 15) is 18.4 Å². The van der Waals surface area contributed by atoms with Crippen LogP contribution in [0.2, 0.25) is 0 Å². The normalized spacial score (nSPS) is 19.7. The molecule has 1 aliphatic carbocycles. The van der Waals surface area contributed by atoms with Gasteiger partial charge in [-0.1, -0.05) is 36.4 Å². The van der Waals surface area contributed by atoms with Crippen LogP contribution >= 0.6 is 0 Å². The van der Waals surface area contributed by atoms with Crippen molar-refractivity contribution in [3.8, 4) is 0 Å². The van der Waals surface area contributed by atoms with Crippen LogP contribution in [0, 0.1) is 17.6 Å². The van der Waals surface area contributed by atoms with E-state index >= 15 is 0 Å². The average molecular weight is 357 g/mol. The predicted octanol–water partition coefficient (Wildman–Crippen LogP) is 3.81. The van der Waals surface area contributed by atoms with E-state index in [-0.39, 0.29) is 17.9 Å². The van der Waals surface area contributed by atoms with Crippen molar-refractivity contribution in [3.63, 3.8) is 0 Å². The van der Waals surface area contributed by atoms with E-state index in [1.165, 1.54) is 13.2 Å². The maximum absolute atomic E-state index is 13.9. The summed E-state index contributed by atoms with van der Waals surface area (Å²) in [6.07, 6.45) is 1.65. The van der Waals surface area contributed by atoms with Gasteiger partial charge in [-0.25, -0.2) is 8.78 Å². The zero-order valence-electron chi connectivity index (χ0n) is 14.0. The van der Waals surface area contributed by atoms with Crippen molar-refractivity contribution >= 4 is 17.4 Å². The second-order valence-electron chi connectivity index (χ2n) is 6.02. The summed E-state index contributed by atoms with van der Waals surface area (Å²) in [6, 6.07) is 12.2. The third kappa shape index (κ3) is 3.64. The van der Waals surface area contributed by atoms with Gasteiger partial charge >= 0.3 is 5.97 Å². The highest BCUT2D eigenvalue weighted by molar-refractivity contribution is 6.02. The van der Waals surface area contributed by atoms with Gasteiger partial charge in [-0.15, -0.1) is 0 Å². The summed E-state index contributed by atoms with van der Waals surface area (Å²) >= 11 is 0. The van der Waals surface area contributed by atoms with E-state index < -0.39 is 29.4 Å². The molecule has 0 aliphatic heterocycles. The quantitative estimate of drug-likeness (QED) is 0.668. The zero-order chi connectivity index (χ0) is 18.7. The Morgan fingerprint density at radius 1 is 1.15 bits per heavy atom. The first-order chi connectivity index (χ1) is 12.5. The number of allylic oxidation sites excluding steroid dienone is 2. The Morgan fingerprint density at radius 2 is 1.88 bits per heavy atom. The Hall–Kier alpha value is -3.02. The first kappa shape index (κ1) is 17.8. The molecule has 26 heavy (non-hydrogen) atoms. The summed E-state index contributed by atoms with van der Waals surface area (Å²) in [5, 5.41) is 2.83. The molecular weight excluding hydrogens is 340 g/mol. The minimum absolute atomic E-state index is 0.0637. The number of halogens is 2. The first-order valence-electron chi connectivity index (χ1n) is 8.08. The fourth-order valence-electron chi connectivity index (χ4n) is 3.09. The third-order valence-electron chi connectivity index (χ3n) is 4.32. The number of ether oxygens (including phenoxy) is 1. The standard InChI is InChI=1S/C20H17F2NO3/c1-26-20(25)19-15(12-5-3-2-4-6-12)10-14(11-18(19)24)23-17-8-7-13(21)9-16(17)22/h2-10,15,19,23H,11H2,1H3. The summed E-state index contributed by atoms with van der Waals surface area (Å²) in [5.41, 5.74) is 1.29. The number of Topliss-reactive ketones (excluding diaryl/α,β-unsaturated/α-hetero) is 1. The maximum Gasteiger partial charge on any atom is 0.317 e. The molecule has 6 heteroatoms. The molecule has 0 radical (unpaired) electrons. The predicted molar refractivity (Wildman–Crippen MR) is 92.4 cm³/mol. The summed E-state index contributed by atoms with van der Waals surface area (Å²) in [6.45, 7) is 0. The molecule has 0 fully saturated rings. The van der Waals surface area contributed by atoms with Gasteiger partial charge in [0.1, 0.15) is 17.6 Å². The second kappa shape index (κ2) is 7.47. The number of rotatable bonds is 4. The average Bonchev–Trinajstić information content (AvgIpc) is 2.64. The Balaban J connectivity index is 1.97. The highest BCUT2D eigenvalue weighted by Gasteiger charge is 2.39. The molecule has 2 unspecified atom stereocenters. The van der Waals surface area contributed by atoms with Crippen LogP contribution < -0.4 is 5.32 Å². The van der Waals surface area contributed by atoms with E-state index in [4.69, 9.17) is 4.74 Å². The van der Waals surface area contributed by atoms with Crippen LogP contribution in [0.25, 0.3) is 0 Å². The minimum Gasteiger partial charge on any atom is -0.468 e. The Morgan fingerprint density at radius 3 is 2.54 bits per heavy atom. The number of ketones is 1. The molecule has 0 heterocycles. The summed E-state index contributed by atoms with van der Waals surface area (Å²) in [4.78, 5) is 24.7. The van der Waals surface area contributed by atoms with Gasteiger partial charge in [0.25, 0.3) is 0 Å². The molecule has 0 aromatic heterocycles. The highest BCUT2D eigenvalue weighted by atomic mass is 19.1. The summed E-state index contributed by atoms with van der Waals surface area (Å²) < 4.78 is 31.7. The van der Waals surface area contributed by atoms with Crippen molar-refractivity contribution in [1.82, 2.24) is 0 Å². The lowest BCUT2D eigenvalue weighted by molar-refractivity contribution is -0.150. The van der Waals surface area contributed by atoms with Gasteiger partial charge in [0.05, 0.1) is 12.8 Å². The Kier molecular flexibility index (Phi) is 5.11. The monoisotopic (exact) mass is 357 g/mol. The van der Waals surface area contributed by atoms with Crippen LogP contribution in [0.4, 0.5) is 14.5 Å². The van der Waals surface area contributed by atoms with E-state index in [2.05, 4.69) is 5.32 Å². The number of hydrogen-bond donors (Lipinski definition) is 1. The van der Waals surface area contributed by atoms with Crippen LogP contribution in [0.15, 0.2) is 60.3 Å². The lowest BCUT2D eigenvalue weighted by atomic mass is 9.77. The van der Waals surface area contributed by atoms with Crippen molar-refractivity contribution in [2.45, 2.75) is 12.3 Å². The smallest absolute Gasteiger partial charge is 0.317 e.